The molecule has 0 aliphatic rings. The van der Waals surface area contributed by atoms with E-state index in [-0.39, 0.29) is 24.9 Å². The van der Waals surface area contributed by atoms with Gasteiger partial charge in [-0.1, -0.05) is 0 Å². The van der Waals surface area contributed by atoms with E-state index >= 15 is 0 Å². The van der Waals surface area contributed by atoms with Gasteiger partial charge in [-0.2, -0.15) is 0 Å². The third-order valence-corrected chi connectivity index (χ3v) is 1.74. The van der Waals surface area contributed by atoms with Crippen LogP contribution < -0.4 is 16.4 Å². The Morgan fingerprint density at radius 2 is 1.87 bits per heavy atom. The van der Waals surface area contributed by atoms with Crippen molar-refractivity contribution in [3.8, 4) is 0 Å². The number of hydrogen-bond acceptors (Lipinski definition) is 4. The maximum absolute atomic E-state index is 11.1. The van der Waals surface area contributed by atoms with Crippen LogP contribution in [0, 0.1) is 0 Å². The van der Waals surface area contributed by atoms with Crippen LogP contribution in [0.15, 0.2) is 0 Å². The molecule has 0 atom stereocenters. The van der Waals surface area contributed by atoms with Gasteiger partial charge >= 0.3 is 0 Å². The Labute approximate surface area is 90.2 Å². The third kappa shape index (κ3) is 9.17. The molecule has 0 aromatic carbocycles. The van der Waals surface area contributed by atoms with Crippen LogP contribution in [0.2, 0.25) is 0 Å². The molecule has 0 fully saturated rings. The van der Waals surface area contributed by atoms with Crippen molar-refractivity contribution in [2.75, 3.05) is 40.3 Å². The van der Waals surface area contributed by atoms with Crippen molar-refractivity contribution in [2.24, 2.45) is 5.73 Å². The number of carbonyl (C=O) groups is 2. The molecule has 0 bridgehead atoms. The lowest BCUT2D eigenvalue weighted by Crippen LogP contribution is -2.40. The van der Waals surface area contributed by atoms with Crippen molar-refractivity contribution >= 4 is 11.8 Å². The van der Waals surface area contributed by atoms with Gasteiger partial charge in [0.2, 0.25) is 11.8 Å². The number of hydrogen-bond donors (Lipinski definition) is 3. The molecule has 6 nitrogen and oxygen atoms in total. The summed E-state index contributed by atoms with van der Waals surface area (Å²) in [5, 5.41) is 5.09. The van der Waals surface area contributed by atoms with Gasteiger partial charge in [0.1, 0.15) is 0 Å². The predicted molar refractivity (Wildman–Crippen MR) is 58.2 cm³/mol. The molecule has 15 heavy (non-hydrogen) atoms. The minimum absolute atomic E-state index is 0.00199. The van der Waals surface area contributed by atoms with Crippen LogP contribution in [0.25, 0.3) is 0 Å². The Hall–Kier alpha value is -1.14. The van der Waals surface area contributed by atoms with E-state index in [0.29, 0.717) is 6.54 Å². The van der Waals surface area contributed by atoms with Crippen molar-refractivity contribution in [3.63, 3.8) is 0 Å². The van der Waals surface area contributed by atoms with Crippen molar-refractivity contribution < 1.29 is 9.59 Å². The van der Waals surface area contributed by atoms with Gasteiger partial charge < -0.3 is 21.3 Å². The van der Waals surface area contributed by atoms with Gasteiger partial charge in [-0.15, -0.1) is 0 Å². The zero-order valence-electron chi connectivity index (χ0n) is 9.38. The first-order chi connectivity index (χ1) is 7.06. The molecular weight excluding hydrogens is 196 g/mol. The molecule has 0 saturated carbocycles. The largest absolute Gasteiger partial charge is 0.355 e. The molecule has 2 amide bonds. The van der Waals surface area contributed by atoms with Gasteiger partial charge in [0.25, 0.3) is 0 Å². The minimum Gasteiger partial charge on any atom is -0.355 e. The van der Waals surface area contributed by atoms with E-state index in [4.69, 9.17) is 5.73 Å². The normalized spacial score (nSPS) is 10.1. The van der Waals surface area contributed by atoms with Crippen molar-refractivity contribution in [3.05, 3.63) is 0 Å². The Bertz CT molecular complexity index is 206. The van der Waals surface area contributed by atoms with E-state index in [2.05, 4.69) is 10.6 Å². The topological polar surface area (TPSA) is 87.5 Å². The minimum atomic E-state index is -0.321. The molecule has 0 aromatic rings. The van der Waals surface area contributed by atoms with Crippen LogP contribution in [0.4, 0.5) is 0 Å². The van der Waals surface area contributed by atoms with E-state index in [0.717, 1.165) is 13.0 Å². The predicted octanol–water partition coefficient (Wildman–Crippen LogP) is -1.87. The summed E-state index contributed by atoms with van der Waals surface area (Å²) in [6.07, 6.45) is 0.892. The lowest BCUT2D eigenvalue weighted by molar-refractivity contribution is -0.125. The second kappa shape index (κ2) is 8.19. The average molecular weight is 216 g/mol. The molecular formula is C9H20N4O2. The summed E-state index contributed by atoms with van der Waals surface area (Å²) in [7, 11) is 3.95. The molecule has 0 heterocycles. The Balaban J connectivity index is 3.37. The standard InChI is InChI=1S/C9H20N4O2/c1-13(2)5-3-4-11-9(15)7-12-8(14)6-10/h3-7,10H2,1-2H3,(H,11,15)(H,12,14). The fourth-order valence-corrected chi connectivity index (χ4v) is 0.937. The summed E-state index contributed by atoms with van der Waals surface area (Å²) in [6.45, 7) is 1.46. The van der Waals surface area contributed by atoms with E-state index in [1.54, 1.807) is 0 Å². The van der Waals surface area contributed by atoms with Crippen molar-refractivity contribution in [1.82, 2.24) is 15.5 Å². The van der Waals surface area contributed by atoms with E-state index < -0.39 is 0 Å². The highest BCUT2D eigenvalue weighted by atomic mass is 16.2. The Morgan fingerprint density at radius 3 is 2.40 bits per heavy atom. The molecule has 0 saturated heterocycles. The molecule has 0 unspecified atom stereocenters. The average Bonchev–Trinajstić information content (AvgIpc) is 2.20. The van der Waals surface area contributed by atoms with E-state index in [1.807, 2.05) is 19.0 Å². The molecule has 0 aliphatic carbocycles. The molecule has 0 spiro atoms. The second-order valence-electron chi connectivity index (χ2n) is 3.49. The molecule has 88 valence electrons. The van der Waals surface area contributed by atoms with Gasteiger partial charge in [0, 0.05) is 6.54 Å². The van der Waals surface area contributed by atoms with Crippen LogP contribution >= 0.6 is 0 Å². The molecule has 0 aliphatic heterocycles. The highest BCUT2D eigenvalue weighted by Crippen LogP contribution is 1.80. The first kappa shape index (κ1) is 13.9. The summed E-state index contributed by atoms with van der Waals surface area (Å²) < 4.78 is 0. The zero-order valence-corrected chi connectivity index (χ0v) is 9.38. The molecule has 4 N–H and O–H groups in total. The highest BCUT2D eigenvalue weighted by Gasteiger charge is 2.02. The zero-order chi connectivity index (χ0) is 11.7. The van der Waals surface area contributed by atoms with Crippen LogP contribution in [0.3, 0.4) is 0 Å². The van der Waals surface area contributed by atoms with Crippen LogP contribution in [-0.2, 0) is 9.59 Å². The number of nitrogens with one attached hydrogen (secondary N) is 2. The summed E-state index contributed by atoms with van der Waals surface area (Å²) in [6, 6.07) is 0. The molecule has 6 heteroatoms. The van der Waals surface area contributed by atoms with E-state index in [1.165, 1.54) is 0 Å². The number of rotatable bonds is 7. The monoisotopic (exact) mass is 216 g/mol. The SMILES string of the molecule is CN(C)CCCNC(=O)CNC(=O)CN. The number of amides is 2. The first-order valence-electron chi connectivity index (χ1n) is 4.94. The van der Waals surface area contributed by atoms with E-state index in [9.17, 15) is 9.59 Å². The van der Waals surface area contributed by atoms with Crippen LogP contribution in [0.5, 0.6) is 0 Å². The molecule has 0 aromatic heterocycles. The van der Waals surface area contributed by atoms with Crippen molar-refractivity contribution in [1.29, 1.82) is 0 Å². The van der Waals surface area contributed by atoms with Gasteiger partial charge in [-0.25, -0.2) is 0 Å². The maximum Gasteiger partial charge on any atom is 0.239 e. The van der Waals surface area contributed by atoms with Gasteiger partial charge in [-0.05, 0) is 27.1 Å². The fourth-order valence-electron chi connectivity index (χ4n) is 0.937. The summed E-state index contributed by atoms with van der Waals surface area (Å²) >= 11 is 0. The van der Waals surface area contributed by atoms with Crippen molar-refractivity contribution in [2.45, 2.75) is 6.42 Å². The number of nitrogens with zero attached hydrogens (tertiary/aromatic N) is 1. The maximum atomic E-state index is 11.1. The Kier molecular flexibility index (Phi) is 7.57. The summed E-state index contributed by atoms with van der Waals surface area (Å²) in [4.78, 5) is 23.9. The number of carbonyl (C=O) groups excluding carboxylic acids is 2. The molecule has 0 radical (unpaired) electrons. The van der Waals surface area contributed by atoms with Crippen LogP contribution in [-0.4, -0.2) is 57.0 Å². The molecule has 0 rings (SSSR count). The first-order valence-corrected chi connectivity index (χ1v) is 4.94. The quantitative estimate of drug-likeness (QED) is 0.435. The second-order valence-corrected chi connectivity index (χ2v) is 3.49. The smallest absolute Gasteiger partial charge is 0.239 e. The summed E-state index contributed by atoms with van der Waals surface area (Å²) in [5.41, 5.74) is 5.06. The third-order valence-electron chi connectivity index (χ3n) is 1.74. The lowest BCUT2D eigenvalue weighted by Gasteiger charge is -2.10. The highest BCUT2D eigenvalue weighted by molar-refractivity contribution is 5.85. The van der Waals surface area contributed by atoms with Gasteiger partial charge in [-0.3, -0.25) is 9.59 Å². The lowest BCUT2D eigenvalue weighted by atomic mass is 10.4. The van der Waals surface area contributed by atoms with Gasteiger partial charge in [0.15, 0.2) is 0 Å². The Morgan fingerprint density at radius 1 is 1.20 bits per heavy atom. The fraction of sp³-hybridized carbons (Fsp3) is 0.778. The van der Waals surface area contributed by atoms with Crippen LogP contribution in [0.1, 0.15) is 6.42 Å². The summed E-state index contributed by atoms with van der Waals surface area (Å²) in [5.74, 6) is -0.506. The van der Waals surface area contributed by atoms with Gasteiger partial charge in [0.05, 0.1) is 13.1 Å². The number of nitrogens with two attached hydrogens (primary N) is 1.